The maximum Gasteiger partial charge on any atom is 0.410 e. The molecule has 150 valence electrons. The van der Waals surface area contributed by atoms with Gasteiger partial charge in [0.1, 0.15) is 17.4 Å². The van der Waals surface area contributed by atoms with Crippen LogP contribution >= 0.6 is 0 Å². The van der Waals surface area contributed by atoms with Gasteiger partial charge in [0.15, 0.2) is 6.61 Å². The number of carboxylic acid groups (broad SMARTS) is 1. The number of anilines is 1. The van der Waals surface area contributed by atoms with Crippen LogP contribution in [0.25, 0.3) is 0 Å². The minimum Gasteiger partial charge on any atom is -0.482 e. The number of rotatable bonds is 8. The van der Waals surface area contributed by atoms with Gasteiger partial charge >= 0.3 is 12.1 Å². The molecule has 1 unspecified atom stereocenters. The van der Waals surface area contributed by atoms with Gasteiger partial charge in [-0.3, -0.25) is 9.69 Å². The Hall–Kier alpha value is -2.77. The Morgan fingerprint density at radius 3 is 2.26 bits per heavy atom. The summed E-state index contributed by atoms with van der Waals surface area (Å²) in [5.41, 5.74) is -0.133. The smallest absolute Gasteiger partial charge is 0.410 e. The fourth-order valence-electron chi connectivity index (χ4n) is 2.24. The number of carbonyl (C=O) groups is 3. The number of hydrogen-bond donors (Lipinski definition) is 2. The Morgan fingerprint density at radius 2 is 1.78 bits per heavy atom. The van der Waals surface area contributed by atoms with Crippen LogP contribution in [0.1, 0.15) is 40.5 Å². The molecular formula is C19H28N2O6. The number of aliphatic carboxylic acids is 1. The van der Waals surface area contributed by atoms with Gasteiger partial charge in [-0.15, -0.1) is 0 Å². The van der Waals surface area contributed by atoms with E-state index in [0.29, 0.717) is 24.3 Å². The topological polar surface area (TPSA) is 105 Å². The van der Waals surface area contributed by atoms with Crippen LogP contribution in [-0.4, -0.2) is 53.3 Å². The molecule has 0 radical (unpaired) electrons. The largest absolute Gasteiger partial charge is 0.482 e. The van der Waals surface area contributed by atoms with Crippen LogP contribution in [0.5, 0.6) is 5.75 Å². The number of benzene rings is 1. The van der Waals surface area contributed by atoms with Gasteiger partial charge in [0.05, 0.1) is 0 Å². The number of nitrogens with zero attached hydrogens (tertiary/aromatic N) is 1. The number of likely N-dealkylation sites (N-methyl/N-ethyl adjacent to an activating group) is 1. The van der Waals surface area contributed by atoms with Crippen LogP contribution in [-0.2, 0) is 14.3 Å². The fourth-order valence-corrected chi connectivity index (χ4v) is 2.24. The van der Waals surface area contributed by atoms with Gasteiger partial charge < -0.3 is 19.9 Å². The summed E-state index contributed by atoms with van der Waals surface area (Å²) in [5.74, 6) is -1.02. The minimum absolute atomic E-state index is 0.329. The van der Waals surface area contributed by atoms with Crippen molar-refractivity contribution >= 4 is 23.7 Å². The summed E-state index contributed by atoms with van der Waals surface area (Å²) in [6.07, 6.45) is 0.641. The van der Waals surface area contributed by atoms with Crippen LogP contribution in [0.2, 0.25) is 0 Å². The molecule has 0 bridgehead atoms. The zero-order valence-electron chi connectivity index (χ0n) is 16.4. The van der Waals surface area contributed by atoms with E-state index in [1.54, 1.807) is 45.0 Å². The van der Waals surface area contributed by atoms with E-state index >= 15 is 0 Å². The number of carboxylic acids is 1. The molecule has 27 heavy (non-hydrogen) atoms. The van der Waals surface area contributed by atoms with Crippen molar-refractivity contribution in [3.05, 3.63) is 24.3 Å². The minimum atomic E-state index is -1.07. The van der Waals surface area contributed by atoms with Crippen molar-refractivity contribution < 1.29 is 29.0 Å². The van der Waals surface area contributed by atoms with Crippen molar-refractivity contribution in [1.29, 1.82) is 0 Å². The molecule has 8 nitrogen and oxygen atoms in total. The average molecular weight is 380 g/mol. The second kappa shape index (κ2) is 9.80. The van der Waals surface area contributed by atoms with Crippen LogP contribution in [0.4, 0.5) is 10.5 Å². The van der Waals surface area contributed by atoms with Crippen molar-refractivity contribution in [2.24, 2.45) is 0 Å². The first-order valence-corrected chi connectivity index (χ1v) is 8.74. The predicted octanol–water partition coefficient (Wildman–Crippen LogP) is 3.12. The summed E-state index contributed by atoms with van der Waals surface area (Å²) in [6, 6.07) is 5.65. The highest BCUT2D eigenvalue weighted by Crippen LogP contribution is 2.18. The third kappa shape index (κ3) is 7.98. The highest BCUT2D eigenvalue weighted by molar-refractivity contribution is 5.96. The van der Waals surface area contributed by atoms with E-state index in [1.807, 2.05) is 6.92 Å². The second-order valence-electron chi connectivity index (χ2n) is 7.09. The monoisotopic (exact) mass is 380 g/mol. The third-order valence-electron chi connectivity index (χ3n) is 3.50. The highest BCUT2D eigenvalue weighted by Gasteiger charge is 2.29. The van der Waals surface area contributed by atoms with E-state index in [9.17, 15) is 14.4 Å². The van der Waals surface area contributed by atoms with Crippen molar-refractivity contribution in [2.45, 2.75) is 52.2 Å². The Morgan fingerprint density at radius 1 is 1.19 bits per heavy atom. The van der Waals surface area contributed by atoms with Gasteiger partial charge in [-0.2, -0.15) is 0 Å². The van der Waals surface area contributed by atoms with Crippen LogP contribution in [0, 0.1) is 0 Å². The van der Waals surface area contributed by atoms with E-state index < -0.39 is 30.3 Å². The summed E-state index contributed by atoms with van der Waals surface area (Å²) in [4.78, 5) is 36.7. The Kier molecular flexibility index (Phi) is 8.08. The molecule has 0 fully saturated rings. The van der Waals surface area contributed by atoms with Gasteiger partial charge in [-0.25, -0.2) is 9.59 Å². The number of ether oxygens (including phenoxy) is 2. The van der Waals surface area contributed by atoms with Crippen LogP contribution in [0.15, 0.2) is 24.3 Å². The van der Waals surface area contributed by atoms with Gasteiger partial charge in [0.25, 0.3) is 0 Å². The molecule has 2 amide bonds. The maximum absolute atomic E-state index is 12.6. The Balaban J connectivity index is 2.77. The molecule has 0 aliphatic heterocycles. The van der Waals surface area contributed by atoms with Gasteiger partial charge in [-0.1, -0.05) is 13.3 Å². The summed E-state index contributed by atoms with van der Waals surface area (Å²) >= 11 is 0. The van der Waals surface area contributed by atoms with Gasteiger partial charge in [0, 0.05) is 12.7 Å². The molecule has 0 aliphatic carbocycles. The average Bonchev–Trinajstić information content (AvgIpc) is 2.56. The fraction of sp³-hybridized carbons (Fsp3) is 0.526. The number of carbonyl (C=O) groups excluding carboxylic acids is 2. The lowest BCUT2D eigenvalue weighted by Gasteiger charge is -2.30. The Bertz CT molecular complexity index is 651. The van der Waals surface area contributed by atoms with E-state index in [1.165, 1.54) is 11.9 Å². The first kappa shape index (κ1) is 22.3. The molecule has 1 atom stereocenters. The molecule has 2 N–H and O–H groups in total. The number of hydrogen-bond acceptors (Lipinski definition) is 5. The van der Waals surface area contributed by atoms with Crippen molar-refractivity contribution in [3.8, 4) is 5.75 Å². The van der Waals surface area contributed by atoms with Crippen molar-refractivity contribution in [3.63, 3.8) is 0 Å². The first-order chi connectivity index (χ1) is 12.5. The number of nitrogens with one attached hydrogen (secondary N) is 1. The summed E-state index contributed by atoms with van der Waals surface area (Å²) in [7, 11) is 1.54. The van der Waals surface area contributed by atoms with E-state index in [4.69, 9.17) is 14.6 Å². The number of amides is 2. The molecular weight excluding hydrogens is 352 g/mol. The quantitative estimate of drug-likeness (QED) is 0.718. The lowest BCUT2D eigenvalue weighted by molar-refractivity contribution is -0.139. The molecule has 1 rings (SSSR count). The normalized spacial score (nSPS) is 12.0. The zero-order valence-corrected chi connectivity index (χ0v) is 16.4. The molecule has 0 saturated heterocycles. The SMILES string of the molecule is CCCC(C(=O)Nc1ccc(OCC(=O)O)cc1)N(C)C(=O)OC(C)(C)C. The predicted molar refractivity (Wildman–Crippen MR) is 101 cm³/mol. The summed E-state index contributed by atoms with van der Waals surface area (Å²) in [5, 5.41) is 11.4. The van der Waals surface area contributed by atoms with E-state index in [2.05, 4.69) is 5.32 Å². The molecule has 1 aromatic rings. The molecule has 0 saturated carbocycles. The Labute approximate surface area is 159 Å². The highest BCUT2D eigenvalue weighted by atomic mass is 16.6. The van der Waals surface area contributed by atoms with Gasteiger partial charge in [0.2, 0.25) is 5.91 Å². The molecule has 8 heteroatoms. The lowest BCUT2D eigenvalue weighted by atomic mass is 10.1. The maximum atomic E-state index is 12.6. The third-order valence-corrected chi connectivity index (χ3v) is 3.50. The lowest BCUT2D eigenvalue weighted by Crippen LogP contribution is -2.46. The standard InChI is InChI=1S/C19H28N2O6/c1-6-7-15(21(5)18(25)27-19(2,3)4)17(24)20-13-8-10-14(11-9-13)26-12-16(22)23/h8-11,15H,6-7,12H2,1-5H3,(H,20,24)(H,22,23). The van der Waals surface area contributed by atoms with E-state index in [-0.39, 0.29) is 5.91 Å². The second-order valence-corrected chi connectivity index (χ2v) is 7.09. The van der Waals surface area contributed by atoms with Crippen LogP contribution in [0.3, 0.4) is 0 Å². The van der Waals surface area contributed by atoms with Crippen LogP contribution < -0.4 is 10.1 Å². The van der Waals surface area contributed by atoms with Crippen molar-refractivity contribution in [2.75, 3.05) is 19.0 Å². The van der Waals surface area contributed by atoms with E-state index in [0.717, 1.165) is 0 Å². The molecule has 0 aromatic heterocycles. The van der Waals surface area contributed by atoms with Crippen molar-refractivity contribution in [1.82, 2.24) is 4.90 Å². The van der Waals surface area contributed by atoms with Gasteiger partial charge in [-0.05, 0) is 51.5 Å². The molecule has 0 spiro atoms. The summed E-state index contributed by atoms with van der Waals surface area (Å²) in [6.45, 7) is 6.79. The molecule has 0 heterocycles. The molecule has 1 aromatic carbocycles. The summed E-state index contributed by atoms with van der Waals surface area (Å²) < 4.78 is 10.4. The zero-order chi connectivity index (χ0) is 20.6. The first-order valence-electron chi connectivity index (χ1n) is 8.74. The molecule has 0 aliphatic rings.